The molecule has 0 saturated carbocycles. The van der Waals surface area contributed by atoms with Crippen molar-refractivity contribution in [2.75, 3.05) is 0 Å². The molecule has 25 heavy (non-hydrogen) atoms. The number of nitrogens with one attached hydrogen (secondary N) is 2. The number of carbonyl (C=O) groups is 2. The quantitative estimate of drug-likeness (QED) is 0.820. The van der Waals surface area contributed by atoms with Crippen LogP contribution in [0.1, 0.15) is 34.0 Å². The molecule has 2 aromatic rings. The molecule has 0 aliphatic rings. The van der Waals surface area contributed by atoms with Crippen molar-refractivity contribution in [3.8, 4) is 5.75 Å². The third-order valence-electron chi connectivity index (χ3n) is 3.70. The highest BCUT2D eigenvalue weighted by molar-refractivity contribution is 6.30. The lowest BCUT2D eigenvalue weighted by atomic mass is 10.1. The first-order valence-electron chi connectivity index (χ1n) is 7.88. The van der Waals surface area contributed by atoms with Crippen molar-refractivity contribution in [3.05, 3.63) is 63.7 Å². The molecule has 0 aromatic heterocycles. The second kappa shape index (κ2) is 8.03. The number of halogens is 1. The maximum atomic E-state index is 12.1. The molecule has 132 valence electrons. The van der Waals surface area contributed by atoms with Crippen LogP contribution in [0.3, 0.4) is 0 Å². The number of rotatable bonds is 4. The zero-order valence-corrected chi connectivity index (χ0v) is 15.4. The number of aryl methyl sites for hydroxylation is 3. The molecular weight excluding hydrogens is 340 g/mol. The number of carbonyl (C=O) groups excluding carboxylic acids is 2. The molecule has 0 bridgehead atoms. The van der Waals surface area contributed by atoms with Crippen molar-refractivity contribution >= 4 is 23.4 Å². The Morgan fingerprint density at radius 1 is 1.00 bits per heavy atom. The Labute approximate surface area is 152 Å². The molecule has 0 fully saturated rings. The predicted molar refractivity (Wildman–Crippen MR) is 97.8 cm³/mol. The van der Waals surface area contributed by atoms with E-state index in [2.05, 4.69) is 10.9 Å². The first kappa shape index (κ1) is 18.8. The van der Waals surface area contributed by atoms with Gasteiger partial charge in [0, 0.05) is 10.6 Å². The first-order chi connectivity index (χ1) is 11.8. The molecule has 0 aliphatic heterocycles. The third-order valence-corrected chi connectivity index (χ3v) is 3.92. The Kier molecular flexibility index (Phi) is 6.04. The van der Waals surface area contributed by atoms with Gasteiger partial charge in [-0.2, -0.15) is 0 Å². The van der Waals surface area contributed by atoms with Gasteiger partial charge in [-0.25, -0.2) is 0 Å². The number of ether oxygens (including phenoxy) is 1. The molecule has 2 N–H and O–H groups in total. The van der Waals surface area contributed by atoms with Crippen LogP contribution in [0, 0.1) is 20.8 Å². The van der Waals surface area contributed by atoms with Crippen molar-refractivity contribution in [2.24, 2.45) is 0 Å². The largest absolute Gasteiger partial charge is 0.480 e. The third kappa shape index (κ3) is 4.97. The zero-order chi connectivity index (χ0) is 18.6. The van der Waals surface area contributed by atoms with Crippen LogP contribution in [-0.2, 0) is 4.79 Å². The minimum atomic E-state index is -0.781. The van der Waals surface area contributed by atoms with Crippen LogP contribution in [-0.4, -0.2) is 17.9 Å². The van der Waals surface area contributed by atoms with Gasteiger partial charge in [0.25, 0.3) is 11.8 Å². The number of hydrogen-bond acceptors (Lipinski definition) is 3. The monoisotopic (exact) mass is 360 g/mol. The Morgan fingerprint density at radius 2 is 1.56 bits per heavy atom. The van der Waals surface area contributed by atoms with Crippen LogP contribution in [0.15, 0.2) is 36.4 Å². The summed E-state index contributed by atoms with van der Waals surface area (Å²) in [5.74, 6) is -0.231. The topological polar surface area (TPSA) is 67.4 Å². The molecule has 6 heteroatoms. The van der Waals surface area contributed by atoms with Gasteiger partial charge in [0.05, 0.1) is 0 Å². The van der Waals surface area contributed by atoms with Crippen molar-refractivity contribution in [1.82, 2.24) is 10.9 Å². The summed E-state index contributed by atoms with van der Waals surface area (Å²) >= 11 is 5.99. The Hall–Kier alpha value is -2.53. The lowest BCUT2D eigenvalue weighted by molar-refractivity contribution is -0.128. The Bertz CT molecular complexity index is 765. The molecule has 0 heterocycles. The van der Waals surface area contributed by atoms with Gasteiger partial charge < -0.3 is 4.74 Å². The standard InChI is InChI=1S/C19H21ClN2O3/c1-11-5-7-15(8-6-11)19(24)22-21-18(23)14(4)25-17-12(2)9-16(20)10-13(17)3/h5-10,14H,1-4H3,(H,21,23)(H,22,24). The van der Waals surface area contributed by atoms with Crippen molar-refractivity contribution in [2.45, 2.75) is 33.8 Å². The van der Waals surface area contributed by atoms with E-state index in [1.165, 1.54) is 0 Å². The van der Waals surface area contributed by atoms with Crippen molar-refractivity contribution in [1.29, 1.82) is 0 Å². The van der Waals surface area contributed by atoms with Crippen LogP contribution >= 0.6 is 11.6 Å². The van der Waals surface area contributed by atoms with E-state index in [9.17, 15) is 9.59 Å². The first-order valence-corrected chi connectivity index (χ1v) is 8.26. The van der Waals surface area contributed by atoms with E-state index in [1.807, 2.05) is 32.9 Å². The molecule has 2 aromatic carbocycles. The number of hydrazine groups is 1. The summed E-state index contributed by atoms with van der Waals surface area (Å²) in [7, 11) is 0. The second-order valence-corrected chi connectivity index (χ2v) is 6.37. The van der Waals surface area contributed by atoms with E-state index in [-0.39, 0.29) is 5.91 Å². The van der Waals surface area contributed by atoms with Crippen LogP contribution < -0.4 is 15.6 Å². The summed E-state index contributed by atoms with van der Waals surface area (Å²) in [6, 6.07) is 10.6. The lowest BCUT2D eigenvalue weighted by Gasteiger charge is -2.18. The average Bonchev–Trinajstić information content (AvgIpc) is 2.56. The highest BCUT2D eigenvalue weighted by atomic mass is 35.5. The van der Waals surface area contributed by atoms with Gasteiger partial charge >= 0.3 is 0 Å². The molecule has 2 rings (SSSR count). The van der Waals surface area contributed by atoms with Gasteiger partial charge in [-0.3, -0.25) is 20.4 Å². The molecule has 5 nitrogen and oxygen atoms in total. The SMILES string of the molecule is Cc1ccc(C(=O)NNC(=O)C(C)Oc2c(C)cc(Cl)cc2C)cc1. The summed E-state index contributed by atoms with van der Waals surface area (Å²) in [6.45, 7) is 7.26. The van der Waals surface area contributed by atoms with E-state index in [0.717, 1.165) is 16.7 Å². The highest BCUT2D eigenvalue weighted by Crippen LogP contribution is 2.27. The molecule has 1 unspecified atom stereocenters. The van der Waals surface area contributed by atoms with Gasteiger partial charge in [-0.1, -0.05) is 29.3 Å². The molecule has 0 spiro atoms. The van der Waals surface area contributed by atoms with E-state index < -0.39 is 12.0 Å². The van der Waals surface area contributed by atoms with Crippen LogP contribution in [0.25, 0.3) is 0 Å². The van der Waals surface area contributed by atoms with Gasteiger partial charge in [-0.05, 0) is 63.1 Å². The van der Waals surface area contributed by atoms with E-state index in [1.54, 1.807) is 31.2 Å². The molecule has 1 atom stereocenters. The Morgan fingerprint density at radius 3 is 2.12 bits per heavy atom. The van der Waals surface area contributed by atoms with Gasteiger partial charge in [0.1, 0.15) is 5.75 Å². The molecule has 0 saturated heterocycles. The minimum Gasteiger partial charge on any atom is -0.480 e. The fourth-order valence-corrected chi connectivity index (χ4v) is 2.64. The van der Waals surface area contributed by atoms with E-state index >= 15 is 0 Å². The molecular formula is C19H21ClN2O3. The fourth-order valence-electron chi connectivity index (χ4n) is 2.31. The Balaban J connectivity index is 1.94. The predicted octanol–water partition coefficient (Wildman–Crippen LogP) is 3.49. The summed E-state index contributed by atoms with van der Waals surface area (Å²) in [6.07, 6.45) is -0.781. The van der Waals surface area contributed by atoms with Crippen molar-refractivity contribution in [3.63, 3.8) is 0 Å². The minimum absolute atomic E-state index is 0.389. The maximum absolute atomic E-state index is 12.1. The summed E-state index contributed by atoms with van der Waals surface area (Å²) in [5.41, 5.74) is 7.96. The van der Waals surface area contributed by atoms with Crippen LogP contribution in [0.2, 0.25) is 5.02 Å². The molecule has 0 aliphatic carbocycles. The zero-order valence-electron chi connectivity index (χ0n) is 14.6. The average molecular weight is 361 g/mol. The lowest BCUT2D eigenvalue weighted by Crippen LogP contribution is -2.47. The van der Waals surface area contributed by atoms with Crippen LogP contribution in [0.4, 0.5) is 0 Å². The number of amides is 2. The summed E-state index contributed by atoms with van der Waals surface area (Å²) < 4.78 is 5.72. The van der Waals surface area contributed by atoms with Crippen LogP contribution in [0.5, 0.6) is 5.75 Å². The molecule has 0 radical (unpaired) electrons. The summed E-state index contributed by atoms with van der Waals surface area (Å²) in [4.78, 5) is 24.2. The number of hydrogen-bond donors (Lipinski definition) is 2. The molecule has 2 amide bonds. The van der Waals surface area contributed by atoms with Gasteiger partial charge in [0.15, 0.2) is 6.10 Å². The maximum Gasteiger partial charge on any atom is 0.279 e. The van der Waals surface area contributed by atoms with Gasteiger partial charge in [-0.15, -0.1) is 0 Å². The normalized spacial score (nSPS) is 11.6. The van der Waals surface area contributed by atoms with Crippen molar-refractivity contribution < 1.29 is 14.3 Å². The second-order valence-electron chi connectivity index (χ2n) is 5.94. The number of benzene rings is 2. The fraction of sp³-hybridized carbons (Fsp3) is 0.263. The summed E-state index contributed by atoms with van der Waals surface area (Å²) in [5, 5.41) is 0.616. The highest BCUT2D eigenvalue weighted by Gasteiger charge is 2.18. The smallest absolute Gasteiger partial charge is 0.279 e. The van der Waals surface area contributed by atoms with E-state index in [0.29, 0.717) is 16.3 Å². The van der Waals surface area contributed by atoms with Gasteiger partial charge in [0.2, 0.25) is 0 Å². The van der Waals surface area contributed by atoms with E-state index in [4.69, 9.17) is 16.3 Å².